The number of anilines is 1. The molecule has 3 rings (SSSR count). The quantitative estimate of drug-likeness (QED) is 0.761. The first-order chi connectivity index (χ1) is 7.76. The van der Waals surface area contributed by atoms with Crippen molar-refractivity contribution in [2.75, 3.05) is 24.7 Å². The van der Waals surface area contributed by atoms with Gasteiger partial charge in [0.25, 0.3) is 0 Å². The first kappa shape index (κ1) is 10.3. The minimum absolute atomic E-state index is 0.165. The Morgan fingerprint density at radius 3 is 2.75 bits per heavy atom. The lowest BCUT2D eigenvalue weighted by molar-refractivity contribution is 0.304. The van der Waals surface area contributed by atoms with Crippen molar-refractivity contribution in [2.24, 2.45) is 5.92 Å². The Morgan fingerprint density at radius 1 is 1.38 bits per heavy atom. The van der Waals surface area contributed by atoms with Crippen LogP contribution in [0.4, 0.5) is 10.2 Å². The molecule has 1 aliphatic carbocycles. The van der Waals surface area contributed by atoms with Gasteiger partial charge in [0.15, 0.2) is 0 Å². The van der Waals surface area contributed by atoms with E-state index in [0.717, 1.165) is 37.6 Å². The number of nitrogens with zero attached hydrogens (tertiary/aromatic N) is 3. The molecule has 1 saturated carbocycles. The number of hydrogen-bond donors (Lipinski definition) is 0. The van der Waals surface area contributed by atoms with E-state index >= 15 is 0 Å². The van der Waals surface area contributed by atoms with Crippen LogP contribution in [0.3, 0.4) is 0 Å². The van der Waals surface area contributed by atoms with Crippen LogP contribution >= 0.6 is 11.6 Å². The van der Waals surface area contributed by atoms with Crippen LogP contribution in [0, 0.1) is 5.92 Å². The average molecular weight is 242 g/mol. The van der Waals surface area contributed by atoms with Crippen molar-refractivity contribution in [3.63, 3.8) is 0 Å². The van der Waals surface area contributed by atoms with E-state index < -0.39 is 0 Å². The van der Waals surface area contributed by atoms with E-state index in [4.69, 9.17) is 11.6 Å². The molecule has 0 amide bonds. The summed E-state index contributed by atoms with van der Waals surface area (Å²) >= 11 is 5.97. The van der Waals surface area contributed by atoms with Crippen LogP contribution in [0.2, 0.25) is 5.15 Å². The zero-order chi connectivity index (χ0) is 11.1. The van der Waals surface area contributed by atoms with Crippen molar-refractivity contribution >= 4 is 17.4 Å². The van der Waals surface area contributed by atoms with Crippen molar-refractivity contribution in [1.82, 2.24) is 9.97 Å². The van der Waals surface area contributed by atoms with Gasteiger partial charge in [-0.2, -0.15) is 0 Å². The van der Waals surface area contributed by atoms with Crippen LogP contribution in [-0.2, 0) is 0 Å². The van der Waals surface area contributed by atoms with Gasteiger partial charge in [0.2, 0.25) is 0 Å². The molecule has 1 aromatic rings. The molecule has 1 aromatic heterocycles. The van der Waals surface area contributed by atoms with Gasteiger partial charge in [0, 0.05) is 31.0 Å². The lowest BCUT2D eigenvalue weighted by Crippen LogP contribution is -2.48. The predicted molar refractivity (Wildman–Crippen MR) is 60.7 cm³/mol. The van der Waals surface area contributed by atoms with Crippen molar-refractivity contribution in [3.05, 3.63) is 17.0 Å². The largest absolute Gasteiger partial charge is 0.356 e. The standard InChI is InChI=1S/C11H13ClFN3/c12-9-3-10(16-5-7(4-13)6-16)15-11(14-9)8-1-2-8/h3,7-8H,1-2,4-6H2. The second-order valence-corrected chi connectivity index (χ2v) is 4.99. The molecular weight excluding hydrogens is 229 g/mol. The van der Waals surface area contributed by atoms with Crippen LogP contribution in [0.15, 0.2) is 6.07 Å². The Balaban J connectivity index is 1.79. The van der Waals surface area contributed by atoms with Crippen molar-refractivity contribution < 1.29 is 4.39 Å². The monoisotopic (exact) mass is 241 g/mol. The van der Waals surface area contributed by atoms with Crippen LogP contribution < -0.4 is 4.90 Å². The molecule has 2 fully saturated rings. The molecule has 1 aliphatic heterocycles. The van der Waals surface area contributed by atoms with E-state index in [1.165, 1.54) is 0 Å². The summed E-state index contributed by atoms with van der Waals surface area (Å²) in [6, 6.07) is 1.77. The minimum atomic E-state index is -0.245. The van der Waals surface area contributed by atoms with E-state index in [2.05, 4.69) is 14.9 Å². The molecule has 0 unspecified atom stereocenters. The third-order valence-corrected chi connectivity index (χ3v) is 3.33. The van der Waals surface area contributed by atoms with Gasteiger partial charge in [-0.1, -0.05) is 11.6 Å². The SMILES string of the molecule is FCC1CN(c2cc(Cl)nc(C3CC3)n2)C1. The van der Waals surface area contributed by atoms with Gasteiger partial charge in [-0.15, -0.1) is 0 Å². The Bertz CT molecular complexity index is 402. The molecule has 2 aliphatic rings. The summed E-state index contributed by atoms with van der Waals surface area (Å²) in [5.41, 5.74) is 0. The smallest absolute Gasteiger partial charge is 0.135 e. The number of alkyl halides is 1. The maximum atomic E-state index is 12.3. The van der Waals surface area contributed by atoms with Crippen LogP contribution in [0.5, 0.6) is 0 Å². The highest BCUT2D eigenvalue weighted by Gasteiger charge is 2.31. The summed E-state index contributed by atoms with van der Waals surface area (Å²) in [4.78, 5) is 10.8. The Morgan fingerprint density at radius 2 is 2.12 bits per heavy atom. The number of aromatic nitrogens is 2. The van der Waals surface area contributed by atoms with Crippen molar-refractivity contribution in [1.29, 1.82) is 0 Å². The zero-order valence-corrected chi connectivity index (χ0v) is 9.62. The van der Waals surface area contributed by atoms with Crippen LogP contribution in [0.1, 0.15) is 24.6 Å². The van der Waals surface area contributed by atoms with Crippen LogP contribution in [0.25, 0.3) is 0 Å². The molecular formula is C11H13ClFN3. The van der Waals surface area contributed by atoms with Gasteiger partial charge < -0.3 is 4.90 Å². The van der Waals surface area contributed by atoms with Gasteiger partial charge in [-0.05, 0) is 12.8 Å². The fourth-order valence-electron chi connectivity index (χ4n) is 1.96. The molecule has 0 radical (unpaired) electrons. The van der Waals surface area contributed by atoms with E-state index in [1.54, 1.807) is 6.07 Å². The predicted octanol–water partition coefficient (Wildman–Crippen LogP) is 2.41. The summed E-state index contributed by atoms with van der Waals surface area (Å²) in [5, 5.41) is 0.496. The average Bonchev–Trinajstić information content (AvgIpc) is 2.98. The molecule has 0 N–H and O–H groups in total. The number of halogens is 2. The Kier molecular flexibility index (Phi) is 2.46. The molecule has 3 nitrogen and oxygen atoms in total. The highest BCUT2D eigenvalue weighted by atomic mass is 35.5. The van der Waals surface area contributed by atoms with Gasteiger partial charge >= 0.3 is 0 Å². The van der Waals surface area contributed by atoms with Gasteiger partial charge in [0.1, 0.15) is 16.8 Å². The van der Waals surface area contributed by atoms with E-state index in [-0.39, 0.29) is 12.6 Å². The van der Waals surface area contributed by atoms with Crippen molar-refractivity contribution in [3.8, 4) is 0 Å². The van der Waals surface area contributed by atoms with E-state index in [1.807, 2.05) is 0 Å². The van der Waals surface area contributed by atoms with E-state index in [9.17, 15) is 4.39 Å². The molecule has 5 heteroatoms. The first-order valence-electron chi connectivity index (χ1n) is 5.61. The summed E-state index contributed by atoms with van der Waals surface area (Å²) in [6.45, 7) is 1.24. The molecule has 2 heterocycles. The van der Waals surface area contributed by atoms with Gasteiger partial charge in [-0.25, -0.2) is 9.97 Å². The Hall–Kier alpha value is -0.900. The number of hydrogen-bond acceptors (Lipinski definition) is 3. The molecule has 0 bridgehead atoms. The lowest BCUT2D eigenvalue weighted by atomic mass is 10.0. The lowest BCUT2D eigenvalue weighted by Gasteiger charge is -2.38. The molecule has 0 aromatic carbocycles. The molecule has 0 atom stereocenters. The molecule has 86 valence electrons. The fourth-order valence-corrected chi connectivity index (χ4v) is 2.15. The third kappa shape index (κ3) is 1.86. The summed E-state index contributed by atoms with van der Waals surface area (Å²) in [5.74, 6) is 2.37. The normalized spacial score (nSPS) is 21.0. The maximum Gasteiger partial charge on any atom is 0.135 e. The summed E-state index contributed by atoms with van der Waals surface area (Å²) in [7, 11) is 0. The minimum Gasteiger partial charge on any atom is -0.356 e. The highest BCUT2D eigenvalue weighted by Crippen LogP contribution is 2.39. The first-order valence-corrected chi connectivity index (χ1v) is 5.99. The Labute approximate surface area is 98.6 Å². The third-order valence-electron chi connectivity index (χ3n) is 3.14. The van der Waals surface area contributed by atoms with Gasteiger partial charge in [-0.3, -0.25) is 4.39 Å². The number of rotatable bonds is 3. The topological polar surface area (TPSA) is 29.0 Å². The van der Waals surface area contributed by atoms with Crippen molar-refractivity contribution in [2.45, 2.75) is 18.8 Å². The summed E-state index contributed by atoms with van der Waals surface area (Å²) in [6.07, 6.45) is 2.32. The zero-order valence-electron chi connectivity index (χ0n) is 8.87. The molecule has 16 heavy (non-hydrogen) atoms. The summed E-state index contributed by atoms with van der Waals surface area (Å²) < 4.78 is 12.3. The second kappa shape index (κ2) is 3.84. The van der Waals surface area contributed by atoms with E-state index in [0.29, 0.717) is 11.1 Å². The maximum absolute atomic E-state index is 12.3. The molecule has 1 saturated heterocycles. The highest BCUT2D eigenvalue weighted by molar-refractivity contribution is 6.29. The van der Waals surface area contributed by atoms with Gasteiger partial charge in [0.05, 0.1) is 6.67 Å². The van der Waals surface area contributed by atoms with Crippen LogP contribution in [-0.4, -0.2) is 29.7 Å². The molecule has 0 spiro atoms. The second-order valence-electron chi connectivity index (χ2n) is 4.61. The fraction of sp³-hybridized carbons (Fsp3) is 0.636.